The highest BCUT2D eigenvalue weighted by Gasteiger charge is 2.27. The highest BCUT2D eigenvalue weighted by molar-refractivity contribution is 6.30. The molecule has 0 aromatic heterocycles. The Morgan fingerprint density at radius 2 is 1.96 bits per heavy atom. The van der Waals surface area contributed by atoms with Crippen LogP contribution in [0, 0.1) is 6.92 Å². The molecule has 1 aliphatic rings. The Kier molecular flexibility index (Phi) is 4.58. The Balaban J connectivity index is 1.84. The maximum absolute atomic E-state index is 12.8. The van der Waals surface area contributed by atoms with E-state index in [1.165, 1.54) is 17.4 Å². The normalized spacial score (nSPS) is 12.9. The molecule has 0 saturated heterocycles. The maximum atomic E-state index is 12.8. The van der Waals surface area contributed by atoms with Crippen LogP contribution in [0.25, 0.3) is 0 Å². The zero-order chi connectivity index (χ0) is 17.3. The molecule has 0 saturated carbocycles. The number of rotatable bonds is 3. The van der Waals surface area contributed by atoms with Crippen LogP contribution in [0.1, 0.15) is 18.1 Å². The zero-order valence-corrected chi connectivity index (χ0v) is 14.5. The second kappa shape index (κ2) is 6.65. The van der Waals surface area contributed by atoms with Crippen molar-refractivity contribution in [2.75, 3.05) is 22.9 Å². The molecular formula is C19H19ClN2O2. The van der Waals surface area contributed by atoms with E-state index >= 15 is 0 Å². The lowest BCUT2D eigenvalue weighted by molar-refractivity contribution is -0.121. The van der Waals surface area contributed by atoms with Gasteiger partial charge in [-0.3, -0.25) is 9.59 Å². The lowest BCUT2D eigenvalue weighted by Crippen LogP contribution is -2.42. The van der Waals surface area contributed by atoms with Crippen LogP contribution < -0.4 is 9.80 Å². The summed E-state index contributed by atoms with van der Waals surface area (Å²) in [4.78, 5) is 28.1. The first-order valence-electron chi connectivity index (χ1n) is 7.90. The van der Waals surface area contributed by atoms with E-state index in [-0.39, 0.29) is 18.4 Å². The van der Waals surface area contributed by atoms with E-state index in [0.29, 0.717) is 17.3 Å². The number of anilines is 2. The van der Waals surface area contributed by atoms with Crippen molar-refractivity contribution in [1.29, 1.82) is 0 Å². The predicted octanol–water partition coefficient (Wildman–Crippen LogP) is 3.59. The first-order valence-corrected chi connectivity index (χ1v) is 8.27. The van der Waals surface area contributed by atoms with Crippen molar-refractivity contribution >= 4 is 34.8 Å². The summed E-state index contributed by atoms with van der Waals surface area (Å²) in [6.07, 6.45) is 0.849. The average molecular weight is 343 g/mol. The molecule has 4 nitrogen and oxygen atoms in total. The summed E-state index contributed by atoms with van der Waals surface area (Å²) in [6.45, 7) is 4.03. The lowest BCUT2D eigenvalue weighted by Gasteiger charge is -2.26. The largest absolute Gasteiger partial charge is 0.310 e. The van der Waals surface area contributed by atoms with Crippen molar-refractivity contribution < 1.29 is 9.59 Å². The van der Waals surface area contributed by atoms with Crippen LogP contribution in [0.4, 0.5) is 11.4 Å². The van der Waals surface area contributed by atoms with Crippen LogP contribution in [0.5, 0.6) is 0 Å². The maximum Gasteiger partial charge on any atom is 0.247 e. The SMILES string of the molecule is CC(=O)N(CC(=O)N1CCc2ccccc21)c1ccc(Cl)cc1C. The molecule has 24 heavy (non-hydrogen) atoms. The van der Waals surface area contributed by atoms with Crippen LogP contribution in [-0.4, -0.2) is 24.9 Å². The van der Waals surface area contributed by atoms with E-state index in [0.717, 1.165) is 17.7 Å². The van der Waals surface area contributed by atoms with Crippen molar-refractivity contribution in [3.8, 4) is 0 Å². The molecule has 5 heteroatoms. The molecule has 0 bridgehead atoms. The Bertz CT molecular complexity index is 804. The van der Waals surface area contributed by atoms with Gasteiger partial charge in [0.15, 0.2) is 0 Å². The van der Waals surface area contributed by atoms with Gasteiger partial charge in [0.25, 0.3) is 0 Å². The molecule has 0 N–H and O–H groups in total. The number of hydrogen-bond donors (Lipinski definition) is 0. The topological polar surface area (TPSA) is 40.6 Å². The van der Waals surface area contributed by atoms with Gasteiger partial charge in [0.1, 0.15) is 6.54 Å². The summed E-state index contributed by atoms with van der Waals surface area (Å²) in [5, 5.41) is 0.611. The third-order valence-corrected chi connectivity index (χ3v) is 4.55. The van der Waals surface area contributed by atoms with Crippen molar-refractivity contribution in [2.45, 2.75) is 20.3 Å². The third-order valence-electron chi connectivity index (χ3n) is 4.31. The number of benzene rings is 2. The van der Waals surface area contributed by atoms with E-state index in [2.05, 4.69) is 0 Å². The molecule has 1 aliphatic heterocycles. The van der Waals surface area contributed by atoms with Crippen molar-refractivity contribution in [3.05, 3.63) is 58.6 Å². The third kappa shape index (κ3) is 3.15. The van der Waals surface area contributed by atoms with Gasteiger partial charge in [-0.15, -0.1) is 0 Å². The first kappa shape index (κ1) is 16.5. The van der Waals surface area contributed by atoms with Crippen LogP contribution in [0.2, 0.25) is 5.02 Å². The molecule has 0 atom stereocenters. The second-order valence-corrected chi connectivity index (χ2v) is 6.40. The van der Waals surface area contributed by atoms with E-state index < -0.39 is 0 Å². The summed E-state index contributed by atoms with van der Waals surface area (Å²) in [7, 11) is 0. The fourth-order valence-electron chi connectivity index (χ4n) is 3.11. The smallest absolute Gasteiger partial charge is 0.247 e. The number of hydrogen-bond acceptors (Lipinski definition) is 2. The number of carbonyl (C=O) groups is 2. The number of nitrogens with zero attached hydrogens (tertiary/aromatic N) is 2. The standard InChI is InChI=1S/C19H19ClN2O2/c1-13-11-16(20)7-8-17(13)22(14(2)23)12-19(24)21-10-9-15-5-3-4-6-18(15)21/h3-8,11H,9-10,12H2,1-2H3. The average Bonchev–Trinajstić information content (AvgIpc) is 2.97. The van der Waals surface area contributed by atoms with Gasteiger partial charge in [0.05, 0.1) is 0 Å². The van der Waals surface area contributed by atoms with Gasteiger partial charge in [0.2, 0.25) is 11.8 Å². The molecule has 2 aromatic rings. The first-order chi connectivity index (χ1) is 11.5. The Hall–Kier alpha value is -2.33. The number of halogens is 1. The summed E-state index contributed by atoms with van der Waals surface area (Å²) in [6, 6.07) is 13.2. The Morgan fingerprint density at radius 1 is 1.21 bits per heavy atom. The van der Waals surface area contributed by atoms with E-state index in [9.17, 15) is 9.59 Å². The fourth-order valence-corrected chi connectivity index (χ4v) is 3.33. The van der Waals surface area contributed by atoms with Crippen LogP contribution in [-0.2, 0) is 16.0 Å². The monoisotopic (exact) mass is 342 g/mol. The molecule has 124 valence electrons. The molecule has 2 aromatic carbocycles. The molecule has 0 spiro atoms. The van der Waals surface area contributed by atoms with Crippen molar-refractivity contribution in [3.63, 3.8) is 0 Å². The molecule has 0 aliphatic carbocycles. The highest BCUT2D eigenvalue weighted by atomic mass is 35.5. The molecule has 1 heterocycles. The Labute approximate surface area is 146 Å². The number of amides is 2. The molecule has 0 radical (unpaired) electrons. The summed E-state index contributed by atoms with van der Waals surface area (Å²) < 4.78 is 0. The highest BCUT2D eigenvalue weighted by Crippen LogP contribution is 2.29. The summed E-state index contributed by atoms with van der Waals surface area (Å²) in [5.74, 6) is -0.245. The number of aryl methyl sites for hydroxylation is 1. The molecule has 0 unspecified atom stereocenters. The number of carbonyl (C=O) groups excluding carboxylic acids is 2. The molecule has 0 fully saturated rings. The molecule has 2 amide bonds. The van der Waals surface area contributed by atoms with Gasteiger partial charge in [-0.25, -0.2) is 0 Å². The van der Waals surface area contributed by atoms with E-state index in [1.807, 2.05) is 31.2 Å². The quantitative estimate of drug-likeness (QED) is 0.855. The lowest BCUT2D eigenvalue weighted by atomic mass is 10.1. The van der Waals surface area contributed by atoms with Crippen LogP contribution >= 0.6 is 11.6 Å². The second-order valence-electron chi connectivity index (χ2n) is 5.96. The number of fused-ring (bicyclic) bond motifs is 1. The summed E-state index contributed by atoms with van der Waals surface area (Å²) >= 11 is 5.99. The zero-order valence-electron chi connectivity index (χ0n) is 13.8. The molecule has 3 rings (SSSR count). The van der Waals surface area contributed by atoms with E-state index in [4.69, 9.17) is 11.6 Å². The minimum absolute atomic E-state index is 0.0200. The van der Waals surface area contributed by atoms with Gasteiger partial charge >= 0.3 is 0 Å². The van der Waals surface area contributed by atoms with E-state index in [1.54, 1.807) is 23.1 Å². The van der Waals surface area contributed by atoms with Gasteiger partial charge in [-0.2, -0.15) is 0 Å². The number of para-hydroxylation sites is 1. The van der Waals surface area contributed by atoms with Gasteiger partial charge in [0, 0.05) is 29.9 Å². The summed E-state index contributed by atoms with van der Waals surface area (Å²) in [5.41, 5.74) is 3.70. The minimum Gasteiger partial charge on any atom is -0.310 e. The fraction of sp³-hybridized carbons (Fsp3) is 0.263. The van der Waals surface area contributed by atoms with Gasteiger partial charge in [-0.05, 0) is 48.7 Å². The van der Waals surface area contributed by atoms with Gasteiger partial charge in [-0.1, -0.05) is 29.8 Å². The van der Waals surface area contributed by atoms with Crippen molar-refractivity contribution in [1.82, 2.24) is 0 Å². The predicted molar refractivity (Wildman–Crippen MR) is 96.7 cm³/mol. The Morgan fingerprint density at radius 3 is 2.67 bits per heavy atom. The molecular weight excluding hydrogens is 324 g/mol. The van der Waals surface area contributed by atoms with Crippen LogP contribution in [0.3, 0.4) is 0 Å². The van der Waals surface area contributed by atoms with Crippen LogP contribution in [0.15, 0.2) is 42.5 Å². The van der Waals surface area contributed by atoms with Gasteiger partial charge < -0.3 is 9.80 Å². The van der Waals surface area contributed by atoms with Crippen molar-refractivity contribution in [2.24, 2.45) is 0 Å². The minimum atomic E-state index is -0.166.